The highest BCUT2D eigenvalue weighted by Crippen LogP contribution is 2.29. The van der Waals surface area contributed by atoms with E-state index < -0.39 is 17.8 Å². The molecule has 0 atom stereocenters. The molecule has 1 N–H and O–H groups in total. The van der Waals surface area contributed by atoms with Crippen molar-refractivity contribution < 1.29 is 23.9 Å². The molecule has 0 aromatic heterocycles. The number of barbiturate groups is 1. The average molecular weight is 549 g/mol. The van der Waals surface area contributed by atoms with Crippen LogP contribution in [-0.4, -0.2) is 24.5 Å². The Balaban J connectivity index is 1.64. The highest BCUT2D eigenvalue weighted by atomic mass is 79.9. The van der Waals surface area contributed by atoms with E-state index in [1.807, 2.05) is 39.0 Å². The van der Waals surface area contributed by atoms with Crippen molar-refractivity contribution >= 4 is 45.5 Å². The molecule has 184 valence electrons. The molecule has 3 aromatic rings. The second-order valence-electron chi connectivity index (χ2n) is 8.35. The van der Waals surface area contributed by atoms with Crippen LogP contribution in [0.25, 0.3) is 6.08 Å². The molecule has 1 fully saturated rings. The Bertz CT molecular complexity index is 1340. The summed E-state index contributed by atoms with van der Waals surface area (Å²) in [5.41, 5.74) is 3.93. The van der Waals surface area contributed by atoms with E-state index in [4.69, 9.17) is 9.47 Å². The first-order valence-electron chi connectivity index (χ1n) is 11.4. The summed E-state index contributed by atoms with van der Waals surface area (Å²) in [4.78, 5) is 39.4. The summed E-state index contributed by atoms with van der Waals surface area (Å²) in [5, 5.41) is 2.25. The first-order chi connectivity index (χ1) is 17.2. The molecule has 0 unspecified atom stereocenters. The van der Waals surface area contributed by atoms with E-state index in [1.54, 1.807) is 36.4 Å². The van der Waals surface area contributed by atoms with E-state index in [-0.39, 0.29) is 5.57 Å². The molecule has 0 aliphatic carbocycles. The zero-order valence-corrected chi connectivity index (χ0v) is 21.7. The maximum absolute atomic E-state index is 13.3. The standard InChI is InChI=1S/C28H25BrN2O5/c1-4-35-23-8-6-22(7-9-23)31-27(33)24(26(32)30-28(31)34)15-20-14-21(29)5-10-25(20)36-16-19-12-17(2)11-18(3)13-19/h5-15H,4,16H2,1-3H3,(H,30,32,34)/b24-15+. The van der Waals surface area contributed by atoms with Crippen LogP contribution >= 0.6 is 15.9 Å². The fourth-order valence-electron chi connectivity index (χ4n) is 3.98. The molecule has 1 aliphatic heterocycles. The normalized spacial score (nSPS) is 14.7. The van der Waals surface area contributed by atoms with Crippen molar-refractivity contribution in [3.8, 4) is 11.5 Å². The Labute approximate surface area is 217 Å². The molecule has 0 saturated carbocycles. The van der Waals surface area contributed by atoms with Gasteiger partial charge in [0, 0.05) is 10.0 Å². The quantitative estimate of drug-likeness (QED) is 0.302. The molecule has 7 nitrogen and oxygen atoms in total. The number of halogens is 1. The molecule has 0 bridgehead atoms. The minimum absolute atomic E-state index is 0.183. The summed E-state index contributed by atoms with van der Waals surface area (Å²) in [6.45, 7) is 6.72. The zero-order chi connectivity index (χ0) is 25.8. The Morgan fingerprint density at radius 3 is 2.28 bits per heavy atom. The number of benzene rings is 3. The van der Waals surface area contributed by atoms with Crippen molar-refractivity contribution in [1.29, 1.82) is 0 Å². The summed E-state index contributed by atoms with van der Waals surface area (Å²) in [7, 11) is 0. The number of amides is 4. The summed E-state index contributed by atoms with van der Waals surface area (Å²) < 4.78 is 12.2. The van der Waals surface area contributed by atoms with Gasteiger partial charge in [-0.15, -0.1) is 0 Å². The third kappa shape index (κ3) is 5.66. The maximum atomic E-state index is 13.3. The van der Waals surface area contributed by atoms with Gasteiger partial charge in [-0.2, -0.15) is 0 Å². The largest absolute Gasteiger partial charge is 0.494 e. The van der Waals surface area contributed by atoms with E-state index in [9.17, 15) is 14.4 Å². The van der Waals surface area contributed by atoms with Gasteiger partial charge in [-0.1, -0.05) is 45.3 Å². The maximum Gasteiger partial charge on any atom is 0.335 e. The number of imide groups is 2. The Hall–Kier alpha value is -3.91. The number of nitrogens with zero attached hydrogens (tertiary/aromatic N) is 1. The molecule has 0 radical (unpaired) electrons. The van der Waals surface area contributed by atoms with Gasteiger partial charge in [0.2, 0.25) is 0 Å². The van der Waals surface area contributed by atoms with E-state index >= 15 is 0 Å². The molecular formula is C28H25BrN2O5. The van der Waals surface area contributed by atoms with Gasteiger partial charge >= 0.3 is 6.03 Å². The molecule has 0 spiro atoms. The molecule has 4 rings (SSSR count). The van der Waals surface area contributed by atoms with Crippen LogP contribution in [0.15, 0.2) is 70.7 Å². The first kappa shape index (κ1) is 25.2. The Kier molecular flexibility index (Phi) is 7.55. The summed E-state index contributed by atoms with van der Waals surface area (Å²) in [5.74, 6) is -0.395. The van der Waals surface area contributed by atoms with Crippen molar-refractivity contribution in [2.24, 2.45) is 0 Å². The van der Waals surface area contributed by atoms with Crippen molar-refractivity contribution in [3.63, 3.8) is 0 Å². The van der Waals surface area contributed by atoms with Crippen LogP contribution in [0.2, 0.25) is 0 Å². The number of hydrogen-bond donors (Lipinski definition) is 1. The first-order valence-corrected chi connectivity index (χ1v) is 12.2. The van der Waals surface area contributed by atoms with E-state index in [0.717, 1.165) is 26.1 Å². The van der Waals surface area contributed by atoms with Crippen LogP contribution in [-0.2, 0) is 16.2 Å². The molecular weight excluding hydrogens is 524 g/mol. The number of nitrogens with one attached hydrogen (secondary N) is 1. The topological polar surface area (TPSA) is 84.9 Å². The van der Waals surface area contributed by atoms with Gasteiger partial charge in [-0.3, -0.25) is 14.9 Å². The van der Waals surface area contributed by atoms with E-state index in [0.29, 0.717) is 36.0 Å². The predicted octanol–water partition coefficient (Wildman–Crippen LogP) is 5.71. The number of aryl methyl sites for hydroxylation is 2. The molecule has 8 heteroatoms. The average Bonchev–Trinajstić information content (AvgIpc) is 2.82. The number of carbonyl (C=O) groups is 3. The fourth-order valence-corrected chi connectivity index (χ4v) is 4.36. The van der Waals surface area contributed by atoms with Crippen LogP contribution in [0.4, 0.5) is 10.5 Å². The third-order valence-electron chi connectivity index (χ3n) is 5.46. The Morgan fingerprint density at radius 2 is 1.61 bits per heavy atom. The van der Waals surface area contributed by atoms with Crippen LogP contribution < -0.4 is 19.7 Å². The number of carbonyl (C=O) groups excluding carboxylic acids is 3. The lowest BCUT2D eigenvalue weighted by molar-refractivity contribution is -0.122. The van der Waals surface area contributed by atoms with Gasteiger partial charge in [0.25, 0.3) is 11.8 Å². The SMILES string of the molecule is CCOc1ccc(N2C(=O)NC(=O)/C(=C\c3cc(Br)ccc3OCc3cc(C)cc(C)c3)C2=O)cc1. The van der Waals surface area contributed by atoms with Gasteiger partial charge < -0.3 is 9.47 Å². The molecule has 3 aromatic carbocycles. The predicted molar refractivity (Wildman–Crippen MR) is 141 cm³/mol. The fraction of sp³-hybridized carbons (Fsp3) is 0.179. The van der Waals surface area contributed by atoms with E-state index in [2.05, 4.69) is 27.3 Å². The molecule has 1 heterocycles. The number of hydrogen-bond acceptors (Lipinski definition) is 5. The van der Waals surface area contributed by atoms with Gasteiger partial charge in [0.05, 0.1) is 12.3 Å². The van der Waals surface area contributed by atoms with Crippen LogP contribution in [0.1, 0.15) is 29.2 Å². The smallest absolute Gasteiger partial charge is 0.335 e. The lowest BCUT2D eigenvalue weighted by atomic mass is 10.1. The second kappa shape index (κ2) is 10.8. The molecule has 1 aliphatic rings. The van der Waals surface area contributed by atoms with Crippen molar-refractivity contribution in [2.45, 2.75) is 27.4 Å². The number of ether oxygens (including phenoxy) is 2. The molecule has 36 heavy (non-hydrogen) atoms. The summed E-state index contributed by atoms with van der Waals surface area (Å²) in [6.07, 6.45) is 1.44. The number of anilines is 1. The Morgan fingerprint density at radius 1 is 0.917 bits per heavy atom. The van der Waals surface area contributed by atoms with Crippen molar-refractivity contribution in [2.75, 3.05) is 11.5 Å². The summed E-state index contributed by atoms with van der Waals surface area (Å²) in [6, 6.07) is 17.2. The van der Waals surface area contributed by atoms with E-state index in [1.165, 1.54) is 6.08 Å². The number of urea groups is 1. The number of rotatable bonds is 7. The van der Waals surface area contributed by atoms with Crippen LogP contribution in [0, 0.1) is 13.8 Å². The lowest BCUT2D eigenvalue weighted by Gasteiger charge is -2.26. The van der Waals surface area contributed by atoms with Crippen molar-refractivity contribution in [3.05, 3.63) is 93.0 Å². The van der Waals surface area contributed by atoms with Crippen LogP contribution in [0.3, 0.4) is 0 Å². The van der Waals surface area contributed by atoms with Crippen molar-refractivity contribution in [1.82, 2.24) is 5.32 Å². The van der Waals surface area contributed by atoms with Crippen LogP contribution in [0.5, 0.6) is 11.5 Å². The minimum Gasteiger partial charge on any atom is -0.494 e. The van der Waals surface area contributed by atoms with Gasteiger partial charge in [0.15, 0.2) is 0 Å². The third-order valence-corrected chi connectivity index (χ3v) is 5.95. The van der Waals surface area contributed by atoms with Gasteiger partial charge in [-0.05, 0) is 74.9 Å². The summed E-state index contributed by atoms with van der Waals surface area (Å²) >= 11 is 3.44. The van der Waals surface area contributed by atoms with Gasteiger partial charge in [0.1, 0.15) is 23.7 Å². The minimum atomic E-state index is -0.813. The monoisotopic (exact) mass is 548 g/mol. The lowest BCUT2D eigenvalue weighted by Crippen LogP contribution is -2.54. The second-order valence-corrected chi connectivity index (χ2v) is 9.27. The zero-order valence-electron chi connectivity index (χ0n) is 20.1. The van der Waals surface area contributed by atoms with Gasteiger partial charge in [-0.25, -0.2) is 9.69 Å². The highest BCUT2D eigenvalue weighted by Gasteiger charge is 2.37. The molecule has 4 amide bonds. The molecule has 1 saturated heterocycles. The highest BCUT2D eigenvalue weighted by molar-refractivity contribution is 9.10.